The minimum Gasteiger partial charge on any atom is -0.291 e. The van der Waals surface area contributed by atoms with E-state index in [4.69, 9.17) is 23.2 Å². The summed E-state index contributed by atoms with van der Waals surface area (Å²) in [6.07, 6.45) is 1.52. The summed E-state index contributed by atoms with van der Waals surface area (Å²) in [4.78, 5) is 15.3. The zero-order valence-electron chi connectivity index (χ0n) is 7.47. The molecule has 14 heavy (non-hydrogen) atoms. The predicted molar refractivity (Wildman–Crippen MR) is 56.7 cm³/mol. The zero-order valence-corrected chi connectivity index (χ0v) is 8.99. The van der Waals surface area contributed by atoms with Crippen LogP contribution in [0.2, 0.25) is 10.0 Å². The highest BCUT2D eigenvalue weighted by Gasteiger charge is 2.10. The fourth-order valence-corrected chi connectivity index (χ4v) is 1.36. The van der Waals surface area contributed by atoms with Gasteiger partial charge in [0.15, 0.2) is 5.78 Å². The Morgan fingerprint density at radius 3 is 2.86 bits per heavy atom. The number of rotatable bonds is 2. The summed E-state index contributed by atoms with van der Waals surface area (Å²) >= 11 is 11.4. The number of hydrogen-bond donors (Lipinski definition) is 0. The predicted octanol–water partition coefficient (Wildman–Crippen LogP) is 2.98. The molecule has 0 unspecified atom stereocenters. The van der Waals surface area contributed by atoms with Gasteiger partial charge in [-0.2, -0.15) is 0 Å². The van der Waals surface area contributed by atoms with Gasteiger partial charge in [-0.25, -0.2) is 4.98 Å². The maximum Gasteiger partial charge on any atom is 0.194 e. The standard InChI is InChI=1S/C10H7Cl2NO/c1-2-3-4-9(14)10-8(12)5-7(11)6-13-10/h5-6H,4H2,1H3. The molecule has 4 heteroatoms. The second-order valence-electron chi connectivity index (χ2n) is 2.51. The van der Waals surface area contributed by atoms with E-state index in [1.165, 1.54) is 12.3 Å². The summed E-state index contributed by atoms with van der Waals surface area (Å²) in [5.74, 6) is 5.10. The highest BCUT2D eigenvalue weighted by atomic mass is 35.5. The van der Waals surface area contributed by atoms with E-state index in [9.17, 15) is 4.79 Å². The van der Waals surface area contributed by atoms with Crippen molar-refractivity contribution in [1.82, 2.24) is 4.98 Å². The molecule has 0 aliphatic rings. The molecule has 0 aromatic carbocycles. The van der Waals surface area contributed by atoms with E-state index in [1.54, 1.807) is 6.92 Å². The van der Waals surface area contributed by atoms with Gasteiger partial charge in [-0.15, -0.1) is 5.92 Å². The van der Waals surface area contributed by atoms with Crippen LogP contribution in [0, 0.1) is 11.8 Å². The van der Waals surface area contributed by atoms with Gasteiger partial charge in [-0.3, -0.25) is 4.79 Å². The minimum atomic E-state index is -0.194. The molecule has 1 heterocycles. The molecule has 0 saturated carbocycles. The van der Waals surface area contributed by atoms with Crippen molar-refractivity contribution in [2.75, 3.05) is 0 Å². The zero-order chi connectivity index (χ0) is 10.6. The molecule has 1 rings (SSSR count). The van der Waals surface area contributed by atoms with Crippen LogP contribution >= 0.6 is 23.2 Å². The van der Waals surface area contributed by atoms with Crippen molar-refractivity contribution in [3.8, 4) is 11.8 Å². The topological polar surface area (TPSA) is 30.0 Å². The first-order valence-corrected chi connectivity index (χ1v) is 4.64. The molecule has 0 aliphatic heterocycles. The first-order valence-electron chi connectivity index (χ1n) is 3.89. The summed E-state index contributed by atoms with van der Waals surface area (Å²) in [5.41, 5.74) is 0.221. The molecule has 0 N–H and O–H groups in total. The average molecular weight is 228 g/mol. The fraction of sp³-hybridized carbons (Fsp3) is 0.200. The lowest BCUT2D eigenvalue weighted by Gasteiger charge is -1.99. The van der Waals surface area contributed by atoms with Crippen molar-refractivity contribution in [1.29, 1.82) is 0 Å². The van der Waals surface area contributed by atoms with Crippen LogP contribution in [0.4, 0.5) is 0 Å². The summed E-state index contributed by atoms with van der Waals surface area (Å²) in [6, 6.07) is 1.49. The number of halogens is 2. The Kier molecular flexibility index (Phi) is 3.94. The van der Waals surface area contributed by atoms with E-state index in [-0.39, 0.29) is 22.9 Å². The maximum absolute atomic E-state index is 11.4. The molecule has 2 nitrogen and oxygen atoms in total. The number of carbonyl (C=O) groups is 1. The lowest BCUT2D eigenvalue weighted by molar-refractivity contribution is 0.0993. The molecule has 0 bridgehead atoms. The van der Waals surface area contributed by atoms with Gasteiger partial charge in [-0.1, -0.05) is 29.1 Å². The number of aromatic nitrogens is 1. The monoisotopic (exact) mass is 227 g/mol. The van der Waals surface area contributed by atoms with Gasteiger partial charge in [0.25, 0.3) is 0 Å². The van der Waals surface area contributed by atoms with Gasteiger partial charge in [0.2, 0.25) is 0 Å². The Morgan fingerprint density at radius 2 is 2.29 bits per heavy atom. The molecule has 1 aromatic rings. The van der Waals surface area contributed by atoms with Gasteiger partial charge >= 0.3 is 0 Å². The molecule has 72 valence electrons. The molecular weight excluding hydrogens is 221 g/mol. The first-order chi connectivity index (χ1) is 6.65. The Balaban J connectivity index is 2.94. The van der Waals surface area contributed by atoms with Crippen LogP contribution in [0.1, 0.15) is 23.8 Å². The van der Waals surface area contributed by atoms with Crippen molar-refractivity contribution in [3.05, 3.63) is 28.0 Å². The highest BCUT2D eigenvalue weighted by molar-refractivity contribution is 6.36. The van der Waals surface area contributed by atoms with Gasteiger partial charge in [0, 0.05) is 6.20 Å². The molecule has 0 radical (unpaired) electrons. The minimum absolute atomic E-state index is 0.130. The van der Waals surface area contributed by atoms with E-state index < -0.39 is 0 Å². The van der Waals surface area contributed by atoms with Crippen LogP contribution in [0.15, 0.2) is 12.3 Å². The van der Waals surface area contributed by atoms with Crippen molar-refractivity contribution < 1.29 is 4.79 Å². The fourth-order valence-electron chi connectivity index (χ4n) is 0.872. The van der Waals surface area contributed by atoms with Crippen molar-refractivity contribution in [2.24, 2.45) is 0 Å². The number of carbonyl (C=O) groups excluding carboxylic acids is 1. The van der Waals surface area contributed by atoms with Gasteiger partial charge in [0.05, 0.1) is 16.5 Å². The van der Waals surface area contributed by atoms with Crippen molar-refractivity contribution >= 4 is 29.0 Å². The van der Waals surface area contributed by atoms with Crippen molar-refractivity contribution in [2.45, 2.75) is 13.3 Å². The normalized spacial score (nSPS) is 9.07. The maximum atomic E-state index is 11.4. The van der Waals surface area contributed by atoms with E-state index in [1.807, 2.05) is 0 Å². The Bertz CT molecular complexity index is 418. The first kappa shape index (κ1) is 11.0. The summed E-state index contributed by atoms with van der Waals surface area (Å²) in [5, 5.41) is 0.675. The van der Waals surface area contributed by atoms with Crippen LogP contribution in [-0.4, -0.2) is 10.8 Å². The van der Waals surface area contributed by atoms with Crippen LogP contribution in [0.5, 0.6) is 0 Å². The van der Waals surface area contributed by atoms with Gasteiger partial charge in [-0.05, 0) is 13.0 Å². The van der Waals surface area contributed by atoms with Crippen LogP contribution < -0.4 is 0 Å². The number of nitrogens with zero attached hydrogens (tertiary/aromatic N) is 1. The molecule has 1 aromatic heterocycles. The number of Topliss-reactive ketones (excluding diaryl/α,β-unsaturated/α-hetero) is 1. The third-order valence-corrected chi connectivity index (χ3v) is 1.99. The average Bonchev–Trinajstić information content (AvgIpc) is 2.14. The molecule has 0 atom stereocenters. The number of ketones is 1. The number of hydrogen-bond acceptors (Lipinski definition) is 2. The third kappa shape index (κ3) is 2.73. The quantitative estimate of drug-likeness (QED) is 0.575. The highest BCUT2D eigenvalue weighted by Crippen LogP contribution is 2.19. The van der Waals surface area contributed by atoms with Crippen molar-refractivity contribution in [3.63, 3.8) is 0 Å². The molecule has 0 saturated heterocycles. The Hall–Kier alpha value is -1.04. The lowest BCUT2D eigenvalue weighted by Crippen LogP contribution is -2.01. The Labute approximate surface area is 92.2 Å². The molecule has 0 amide bonds. The van der Waals surface area contributed by atoms with Gasteiger partial charge < -0.3 is 0 Å². The van der Waals surface area contributed by atoms with Crippen LogP contribution in [0.3, 0.4) is 0 Å². The summed E-state index contributed by atoms with van der Waals surface area (Å²) in [7, 11) is 0. The van der Waals surface area contributed by atoms with E-state index in [2.05, 4.69) is 16.8 Å². The second-order valence-corrected chi connectivity index (χ2v) is 3.35. The lowest BCUT2D eigenvalue weighted by atomic mass is 10.2. The number of pyridine rings is 1. The van der Waals surface area contributed by atoms with E-state index in [0.717, 1.165) is 0 Å². The van der Waals surface area contributed by atoms with Crippen LogP contribution in [0.25, 0.3) is 0 Å². The SMILES string of the molecule is CC#CCC(=O)c1ncc(Cl)cc1Cl. The Morgan fingerprint density at radius 1 is 1.57 bits per heavy atom. The summed E-state index contributed by atoms with van der Waals surface area (Å²) < 4.78 is 0. The molecular formula is C10H7Cl2NO. The second kappa shape index (κ2) is 4.99. The van der Waals surface area contributed by atoms with E-state index >= 15 is 0 Å². The van der Waals surface area contributed by atoms with Crippen LogP contribution in [-0.2, 0) is 0 Å². The summed E-state index contributed by atoms with van der Waals surface area (Å²) in [6.45, 7) is 1.67. The molecule has 0 aliphatic carbocycles. The third-order valence-electron chi connectivity index (χ3n) is 1.50. The molecule has 0 spiro atoms. The molecule has 0 fully saturated rings. The largest absolute Gasteiger partial charge is 0.291 e. The smallest absolute Gasteiger partial charge is 0.194 e. The van der Waals surface area contributed by atoms with Gasteiger partial charge in [0.1, 0.15) is 5.69 Å². The van der Waals surface area contributed by atoms with E-state index in [0.29, 0.717) is 5.02 Å².